The number of hydrogen-bond donors (Lipinski definition) is 0. The maximum atomic E-state index is 6.01. The highest BCUT2D eigenvalue weighted by Crippen LogP contribution is 2.24. The summed E-state index contributed by atoms with van der Waals surface area (Å²) in [5.74, 6) is 1.44. The van der Waals surface area contributed by atoms with Gasteiger partial charge in [0.05, 0.1) is 16.9 Å². The Labute approximate surface area is 114 Å². The smallest absolute Gasteiger partial charge is 0.124 e. The van der Waals surface area contributed by atoms with Crippen LogP contribution in [-0.4, -0.2) is 9.55 Å². The van der Waals surface area contributed by atoms with Crippen molar-refractivity contribution in [2.75, 3.05) is 0 Å². The molecule has 0 aliphatic heterocycles. The number of halogens is 1. The van der Waals surface area contributed by atoms with Crippen LogP contribution in [0.2, 0.25) is 0 Å². The number of aryl methyl sites for hydroxylation is 2. The van der Waals surface area contributed by atoms with Crippen LogP contribution in [0.3, 0.4) is 0 Å². The molecule has 2 aromatic rings. The molecule has 0 atom stereocenters. The molecule has 0 spiro atoms. The molecule has 0 amide bonds. The van der Waals surface area contributed by atoms with Crippen molar-refractivity contribution in [2.24, 2.45) is 5.41 Å². The first kappa shape index (κ1) is 13.4. The van der Waals surface area contributed by atoms with Crippen LogP contribution in [0.5, 0.6) is 0 Å². The molecule has 2 rings (SSSR count). The Bertz CT molecular complexity index is 549. The Kier molecular flexibility index (Phi) is 3.67. The summed E-state index contributed by atoms with van der Waals surface area (Å²) in [5, 5.41) is 0. The summed E-state index contributed by atoms with van der Waals surface area (Å²) in [5.41, 5.74) is 3.81. The molecule has 3 heteroatoms. The quantitative estimate of drug-likeness (QED) is 0.746. The molecule has 0 saturated heterocycles. The predicted molar refractivity (Wildman–Crippen MR) is 78.1 cm³/mol. The van der Waals surface area contributed by atoms with Gasteiger partial charge in [-0.2, -0.15) is 0 Å². The Morgan fingerprint density at radius 3 is 2.61 bits per heavy atom. The van der Waals surface area contributed by atoms with Gasteiger partial charge >= 0.3 is 0 Å². The van der Waals surface area contributed by atoms with Gasteiger partial charge in [0.2, 0.25) is 0 Å². The molecular weight excluding hydrogens is 244 g/mol. The lowest BCUT2D eigenvalue weighted by molar-refractivity contribution is 0.351. The zero-order chi connectivity index (χ0) is 13.3. The predicted octanol–water partition coefficient (Wildman–Crippen LogP) is 4.52. The van der Waals surface area contributed by atoms with Gasteiger partial charge in [0.15, 0.2) is 0 Å². The Balaban J connectivity index is 2.41. The highest BCUT2D eigenvalue weighted by atomic mass is 35.5. The van der Waals surface area contributed by atoms with Crippen molar-refractivity contribution in [3.8, 4) is 0 Å². The Morgan fingerprint density at radius 1 is 1.28 bits per heavy atom. The van der Waals surface area contributed by atoms with Crippen LogP contribution in [0.4, 0.5) is 0 Å². The first-order valence-electron chi connectivity index (χ1n) is 6.42. The second kappa shape index (κ2) is 4.93. The average Bonchev–Trinajstić information content (AvgIpc) is 2.62. The summed E-state index contributed by atoms with van der Waals surface area (Å²) >= 11 is 6.01. The molecule has 0 saturated carbocycles. The van der Waals surface area contributed by atoms with E-state index in [-0.39, 0.29) is 0 Å². The molecular formula is C15H21ClN2. The summed E-state index contributed by atoms with van der Waals surface area (Å²) in [7, 11) is 0. The first-order valence-corrected chi connectivity index (χ1v) is 6.96. The number of nitrogens with zero attached hydrogens (tertiary/aromatic N) is 2. The average molecular weight is 265 g/mol. The van der Waals surface area contributed by atoms with E-state index in [0.717, 1.165) is 24.3 Å². The highest BCUT2D eigenvalue weighted by Gasteiger charge is 2.14. The number of hydrogen-bond acceptors (Lipinski definition) is 1. The molecule has 0 fully saturated rings. The van der Waals surface area contributed by atoms with Crippen molar-refractivity contribution in [1.82, 2.24) is 9.55 Å². The van der Waals surface area contributed by atoms with E-state index in [1.165, 1.54) is 11.1 Å². The van der Waals surface area contributed by atoms with Crippen molar-refractivity contribution in [3.05, 3.63) is 29.6 Å². The molecule has 0 unspecified atom stereocenters. The third-order valence-electron chi connectivity index (χ3n) is 3.19. The number of benzene rings is 1. The summed E-state index contributed by atoms with van der Waals surface area (Å²) in [6.07, 6.45) is 1.12. The zero-order valence-electron chi connectivity index (χ0n) is 11.6. The van der Waals surface area contributed by atoms with Gasteiger partial charge in [-0.1, -0.05) is 26.8 Å². The van der Waals surface area contributed by atoms with Gasteiger partial charge in [-0.05, 0) is 36.5 Å². The van der Waals surface area contributed by atoms with Gasteiger partial charge in [0.1, 0.15) is 5.82 Å². The Hall–Kier alpha value is -1.02. The standard InChI is InChI=1S/C15H21ClN2/c1-11-5-6-13-12(9-11)17-14(10-16)18(13)8-7-15(2,3)4/h5-6,9H,7-8,10H2,1-4H3. The van der Waals surface area contributed by atoms with E-state index >= 15 is 0 Å². The lowest BCUT2D eigenvalue weighted by Gasteiger charge is -2.19. The molecule has 1 aromatic carbocycles. The van der Waals surface area contributed by atoms with E-state index in [1.54, 1.807) is 0 Å². The van der Waals surface area contributed by atoms with Crippen LogP contribution in [0.15, 0.2) is 18.2 Å². The minimum atomic E-state index is 0.324. The van der Waals surface area contributed by atoms with Crippen LogP contribution >= 0.6 is 11.6 Å². The molecule has 0 bridgehead atoms. The maximum absolute atomic E-state index is 6.01. The van der Waals surface area contributed by atoms with Crippen LogP contribution in [-0.2, 0) is 12.4 Å². The minimum absolute atomic E-state index is 0.324. The fraction of sp³-hybridized carbons (Fsp3) is 0.533. The monoisotopic (exact) mass is 264 g/mol. The van der Waals surface area contributed by atoms with Gasteiger partial charge in [-0.15, -0.1) is 11.6 Å². The Morgan fingerprint density at radius 2 is 2.00 bits per heavy atom. The van der Waals surface area contributed by atoms with E-state index in [0.29, 0.717) is 11.3 Å². The fourth-order valence-electron chi connectivity index (χ4n) is 2.09. The van der Waals surface area contributed by atoms with Crippen LogP contribution < -0.4 is 0 Å². The summed E-state index contributed by atoms with van der Waals surface area (Å²) in [4.78, 5) is 4.62. The normalized spacial score (nSPS) is 12.3. The van der Waals surface area contributed by atoms with Gasteiger partial charge in [0.25, 0.3) is 0 Å². The second-order valence-electron chi connectivity index (χ2n) is 6.12. The second-order valence-corrected chi connectivity index (χ2v) is 6.38. The molecule has 0 radical (unpaired) electrons. The van der Waals surface area contributed by atoms with Crippen molar-refractivity contribution in [2.45, 2.75) is 46.5 Å². The van der Waals surface area contributed by atoms with Gasteiger partial charge in [0, 0.05) is 6.54 Å². The van der Waals surface area contributed by atoms with E-state index in [4.69, 9.17) is 11.6 Å². The van der Waals surface area contributed by atoms with E-state index in [1.807, 2.05) is 0 Å². The van der Waals surface area contributed by atoms with Crippen molar-refractivity contribution < 1.29 is 0 Å². The number of imidazole rings is 1. The SMILES string of the molecule is Cc1ccc2c(c1)nc(CCl)n2CCC(C)(C)C. The fourth-order valence-corrected chi connectivity index (χ4v) is 2.29. The molecule has 0 aliphatic carbocycles. The van der Waals surface area contributed by atoms with Crippen molar-refractivity contribution in [3.63, 3.8) is 0 Å². The zero-order valence-corrected chi connectivity index (χ0v) is 12.4. The molecule has 18 heavy (non-hydrogen) atoms. The van der Waals surface area contributed by atoms with Crippen LogP contribution in [0.25, 0.3) is 11.0 Å². The summed E-state index contributed by atoms with van der Waals surface area (Å²) in [6, 6.07) is 6.41. The molecule has 1 aromatic heterocycles. The highest BCUT2D eigenvalue weighted by molar-refractivity contribution is 6.16. The van der Waals surface area contributed by atoms with Gasteiger partial charge < -0.3 is 4.57 Å². The van der Waals surface area contributed by atoms with Crippen LogP contribution in [0, 0.1) is 12.3 Å². The van der Waals surface area contributed by atoms with E-state index in [2.05, 4.69) is 55.4 Å². The molecule has 1 heterocycles. The third kappa shape index (κ3) is 2.86. The number of fused-ring (bicyclic) bond motifs is 1. The molecule has 0 N–H and O–H groups in total. The maximum Gasteiger partial charge on any atom is 0.124 e. The van der Waals surface area contributed by atoms with Crippen LogP contribution in [0.1, 0.15) is 38.6 Å². The third-order valence-corrected chi connectivity index (χ3v) is 3.43. The minimum Gasteiger partial charge on any atom is -0.327 e. The van der Waals surface area contributed by atoms with Gasteiger partial charge in [-0.3, -0.25) is 0 Å². The number of aromatic nitrogens is 2. The molecule has 0 aliphatic rings. The summed E-state index contributed by atoms with van der Waals surface area (Å²) in [6.45, 7) is 9.85. The molecule has 98 valence electrons. The number of alkyl halides is 1. The first-order chi connectivity index (χ1) is 8.40. The largest absolute Gasteiger partial charge is 0.327 e. The number of rotatable bonds is 3. The lowest BCUT2D eigenvalue weighted by atomic mass is 9.92. The summed E-state index contributed by atoms with van der Waals surface area (Å²) < 4.78 is 2.26. The van der Waals surface area contributed by atoms with E-state index < -0.39 is 0 Å². The molecule has 2 nitrogen and oxygen atoms in total. The van der Waals surface area contributed by atoms with Gasteiger partial charge in [-0.25, -0.2) is 4.98 Å². The topological polar surface area (TPSA) is 17.8 Å². The van der Waals surface area contributed by atoms with Crippen molar-refractivity contribution >= 4 is 22.6 Å². The lowest BCUT2D eigenvalue weighted by Crippen LogP contribution is -2.11. The van der Waals surface area contributed by atoms with E-state index in [9.17, 15) is 0 Å². The van der Waals surface area contributed by atoms with Crippen molar-refractivity contribution in [1.29, 1.82) is 0 Å².